The molecule has 0 saturated heterocycles. The zero-order valence-corrected chi connectivity index (χ0v) is 5.19. The predicted octanol–water partition coefficient (Wildman–Crippen LogP) is 0.956. The van der Waals surface area contributed by atoms with E-state index in [1.54, 1.807) is 19.0 Å². The van der Waals surface area contributed by atoms with E-state index < -0.39 is 0 Å². The summed E-state index contributed by atoms with van der Waals surface area (Å²) in [6, 6.07) is 3.78. The third-order valence-corrected chi connectivity index (χ3v) is 1.29. The monoisotopic (exact) mass is 133 g/mol. The number of nitrogens with zero attached hydrogens (tertiary/aromatic N) is 2. The molecule has 0 saturated carbocycles. The predicted molar refractivity (Wildman–Crippen MR) is 36.3 cm³/mol. The van der Waals surface area contributed by atoms with Gasteiger partial charge in [0.15, 0.2) is 6.61 Å². The molecule has 0 aliphatic carbocycles. The standard InChI is InChI=1S/C7H5N2O/c1-2-6-5-10-9-4-7(6)8-3-1/h1-5H. The molecular weight excluding hydrogens is 128 g/mol. The van der Waals surface area contributed by atoms with Gasteiger partial charge in [0.25, 0.3) is 0 Å². The van der Waals surface area contributed by atoms with Crippen molar-refractivity contribution < 1.29 is 4.84 Å². The quantitative estimate of drug-likeness (QED) is 0.528. The van der Waals surface area contributed by atoms with Gasteiger partial charge in [-0.25, -0.2) is 0 Å². The van der Waals surface area contributed by atoms with Crippen LogP contribution >= 0.6 is 0 Å². The first-order valence-electron chi connectivity index (χ1n) is 2.94. The van der Waals surface area contributed by atoms with Crippen molar-refractivity contribution in [2.75, 3.05) is 0 Å². The van der Waals surface area contributed by atoms with Crippen LogP contribution < -0.4 is 0 Å². The van der Waals surface area contributed by atoms with Gasteiger partial charge in [-0.15, -0.1) is 0 Å². The lowest BCUT2D eigenvalue weighted by Crippen LogP contribution is -2.00. The van der Waals surface area contributed by atoms with Crippen molar-refractivity contribution in [2.45, 2.75) is 0 Å². The van der Waals surface area contributed by atoms with Crippen molar-refractivity contribution >= 4 is 6.21 Å². The number of hydrogen-bond donors (Lipinski definition) is 0. The highest BCUT2D eigenvalue weighted by Crippen LogP contribution is 2.10. The number of fused-ring (bicyclic) bond motifs is 1. The second kappa shape index (κ2) is 2.10. The van der Waals surface area contributed by atoms with E-state index in [0.29, 0.717) is 0 Å². The molecule has 1 aliphatic rings. The highest BCUT2D eigenvalue weighted by molar-refractivity contribution is 5.79. The topological polar surface area (TPSA) is 34.5 Å². The largest absolute Gasteiger partial charge is 0.383 e. The van der Waals surface area contributed by atoms with Gasteiger partial charge in [0.05, 0.1) is 11.9 Å². The number of oxime groups is 1. The van der Waals surface area contributed by atoms with E-state index >= 15 is 0 Å². The van der Waals surface area contributed by atoms with Crippen molar-refractivity contribution in [3.63, 3.8) is 0 Å². The minimum atomic E-state index is 0.855. The normalized spacial score (nSPS) is 14.0. The Morgan fingerprint density at radius 2 is 2.40 bits per heavy atom. The second-order valence-electron chi connectivity index (χ2n) is 1.94. The number of aromatic nitrogens is 1. The van der Waals surface area contributed by atoms with Gasteiger partial charge in [-0.1, -0.05) is 11.2 Å². The summed E-state index contributed by atoms with van der Waals surface area (Å²) in [6.45, 7) is 1.57. The molecule has 0 amide bonds. The molecule has 3 heteroatoms. The lowest BCUT2D eigenvalue weighted by molar-refractivity contribution is 0.225. The van der Waals surface area contributed by atoms with Gasteiger partial charge in [-0.3, -0.25) is 4.98 Å². The Hall–Kier alpha value is -1.38. The first-order valence-corrected chi connectivity index (χ1v) is 2.94. The molecule has 1 aromatic rings. The molecule has 0 fully saturated rings. The molecule has 2 rings (SSSR count). The van der Waals surface area contributed by atoms with E-state index in [0.717, 1.165) is 11.3 Å². The van der Waals surface area contributed by atoms with Crippen LogP contribution in [-0.2, 0) is 4.84 Å². The Labute approximate surface area is 58.3 Å². The molecule has 1 aromatic heterocycles. The van der Waals surface area contributed by atoms with Crippen LogP contribution in [-0.4, -0.2) is 11.2 Å². The van der Waals surface area contributed by atoms with Crippen LogP contribution in [0, 0.1) is 6.61 Å². The lowest BCUT2D eigenvalue weighted by atomic mass is 10.2. The summed E-state index contributed by atoms with van der Waals surface area (Å²) in [4.78, 5) is 8.76. The van der Waals surface area contributed by atoms with Crippen molar-refractivity contribution in [1.29, 1.82) is 0 Å². The SMILES string of the molecule is [CH]1ON=Cc2ncccc21. The van der Waals surface area contributed by atoms with E-state index in [9.17, 15) is 0 Å². The first kappa shape index (κ1) is 5.41. The maximum atomic E-state index is 4.70. The molecule has 0 bridgehead atoms. The molecule has 0 N–H and O–H groups in total. The van der Waals surface area contributed by atoms with Gasteiger partial charge in [-0.2, -0.15) is 0 Å². The van der Waals surface area contributed by atoms with Gasteiger partial charge in [0.1, 0.15) is 0 Å². The van der Waals surface area contributed by atoms with E-state index in [4.69, 9.17) is 4.84 Å². The van der Waals surface area contributed by atoms with Crippen LogP contribution in [0.3, 0.4) is 0 Å². The molecule has 49 valence electrons. The number of hydrogen-bond acceptors (Lipinski definition) is 3. The fourth-order valence-corrected chi connectivity index (χ4v) is 0.805. The molecular formula is C7H5N2O. The van der Waals surface area contributed by atoms with Crippen molar-refractivity contribution in [3.8, 4) is 0 Å². The molecule has 0 unspecified atom stereocenters. The molecule has 0 spiro atoms. The van der Waals surface area contributed by atoms with Crippen LogP contribution in [0.5, 0.6) is 0 Å². The smallest absolute Gasteiger partial charge is 0.198 e. The van der Waals surface area contributed by atoms with E-state index in [2.05, 4.69) is 10.1 Å². The zero-order valence-electron chi connectivity index (χ0n) is 5.19. The van der Waals surface area contributed by atoms with Gasteiger partial charge < -0.3 is 4.84 Å². The maximum Gasteiger partial charge on any atom is 0.198 e. The highest BCUT2D eigenvalue weighted by atomic mass is 16.6. The molecule has 1 radical (unpaired) electrons. The summed E-state index contributed by atoms with van der Waals surface area (Å²) >= 11 is 0. The minimum Gasteiger partial charge on any atom is -0.383 e. The third kappa shape index (κ3) is 0.757. The molecule has 0 atom stereocenters. The minimum absolute atomic E-state index is 0.855. The van der Waals surface area contributed by atoms with E-state index in [1.807, 2.05) is 12.1 Å². The summed E-state index contributed by atoms with van der Waals surface area (Å²) in [5.41, 5.74) is 1.83. The summed E-state index contributed by atoms with van der Waals surface area (Å²) in [6.07, 6.45) is 3.32. The summed E-state index contributed by atoms with van der Waals surface area (Å²) in [5, 5.41) is 3.58. The number of rotatable bonds is 0. The summed E-state index contributed by atoms with van der Waals surface area (Å²) in [7, 11) is 0. The zero-order chi connectivity index (χ0) is 6.81. The van der Waals surface area contributed by atoms with Gasteiger partial charge in [-0.05, 0) is 6.07 Å². The number of pyridine rings is 1. The van der Waals surface area contributed by atoms with Crippen LogP contribution in [0.15, 0.2) is 23.5 Å². The van der Waals surface area contributed by atoms with Gasteiger partial charge in [0, 0.05) is 11.8 Å². The van der Waals surface area contributed by atoms with Crippen molar-refractivity contribution in [1.82, 2.24) is 4.98 Å². The van der Waals surface area contributed by atoms with Crippen molar-refractivity contribution in [3.05, 3.63) is 36.2 Å². The summed E-state index contributed by atoms with van der Waals surface area (Å²) in [5.74, 6) is 0. The fraction of sp³-hybridized carbons (Fsp3) is 0. The molecule has 2 heterocycles. The average Bonchev–Trinajstić information content (AvgIpc) is 2.05. The summed E-state index contributed by atoms with van der Waals surface area (Å²) < 4.78 is 0. The van der Waals surface area contributed by atoms with Crippen LogP contribution in [0.1, 0.15) is 11.3 Å². The average molecular weight is 133 g/mol. The first-order chi connectivity index (χ1) is 4.97. The Kier molecular flexibility index (Phi) is 1.13. The molecule has 3 nitrogen and oxygen atoms in total. The van der Waals surface area contributed by atoms with Crippen LogP contribution in [0.25, 0.3) is 0 Å². The molecule has 0 aromatic carbocycles. The van der Waals surface area contributed by atoms with Crippen molar-refractivity contribution in [2.24, 2.45) is 5.16 Å². The third-order valence-electron chi connectivity index (χ3n) is 1.29. The fourth-order valence-electron chi connectivity index (χ4n) is 0.805. The van der Waals surface area contributed by atoms with Gasteiger partial charge >= 0.3 is 0 Å². The van der Waals surface area contributed by atoms with Crippen LogP contribution in [0.4, 0.5) is 0 Å². The van der Waals surface area contributed by atoms with Crippen LogP contribution in [0.2, 0.25) is 0 Å². The molecule has 10 heavy (non-hydrogen) atoms. The second-order valence-corrected chi connectivity index (χ2v) is 1.94. The Morgan fingerprint density at radius 3 is 3.30 bits per heavy atom. The Balaban J connectivity index is 2.54. The maximum absolute atomic E-state index is 4.70. The highest BCUT2D eigenvalue weighted by Gasteiger charge is 2.05. The Bertz CT molecular complexity index is 270. The molecule has 1 aliphatic heterocycles. The Morgan fingerprint density at radius 1 is 1.40 bits per heavy atom. The lowest BCUT2D eigenvalue weighted by Gasteiger charge is -2.05. The van der Waals surface area contributed by atoms with E-state index in [1.165, 1.54) is 0 Å². The van der Waals surface area contributed by atoms with Gasteiger partial charge in [0.2, 0.25) is 0 Å². The van der Waals surface area contributed by atoms with E-state index in [-0.39, 0.29) is 0 Å².